The Hall–Kier alpha value is -2.60. The van der Waals surface area contributed by atoms with Crippen LogP contribution in [-0.4, -0.2) is 23.2 Å². The van der Waals surface area contributed by atoms with Crippen molar-refractivity contribution in [3.05, 3.63) is 53.6 Å². The Labute approximate surface area is 177 Å². The molecule has 5 nitrogen and oxygen atoms in total. The molecular weight excluding hydrogens is 382 g/mol. The molecule has 2 aliphatic heterocycles. The number of nitrogens with zero attached hydrogens (tertiary/aromatic N) is 1. The second-order valence-corrected chi connectivity index (χ2v) is 8.81. The number of amides is 1. The number of anilines is 2. The minimum Gasteiger partial charge on any atom is -0.487 e. The van der Waals surface area contributed by atoms with E-state index in [2.05, 4.69) is 30.5 Å². The van der Waals surface area contributed by atoms with Crippen molar-refractivity contribution in [2.24, 2.45) is 0 Å². The highest BCUT2D eigenvalue weighted by atomic mass is 32.1. The van der Waals surface area contributed by atoms with Crippen molar-refractivity contribution >= 4 is 34.6 Å². The second-order valence-electron chi connectivity index (χ2n) is 8.40. The summed E-state index contributed by atoms with van der Waals surface area (Å²) in [6.45, 7) is 6.99. The number of hydrogen-bond donors (Lipinski definition) is 2. The van der Waals surface area contributed by atoms with Gasteiger partial charge < -0.3 is 20.3 Å². The molecule has 0 spiro atoms. The molecule has 0 bridgehead atoms. The van der Waals surface area contributed by atoms with E-state index in [0.29, 0.717) is 11.5 Å². The zero-order valence-corrected chi connectivity index (χ0v) is 17.9. The third-order valence-electron chi connectivity index (χ3n) is 5.51. The third kappa shape index (κ3) is 4.22. The minimum atomic E-state index is -0.269. The number of para-hydroxylation sites is 1. The van der Waals surface area contributed by atoms with E-state index in [4.69, 9.17) is 17.0 Å². The average molecular weight is 410 g/mol. The molecule has 1 fully saturated rings. The average Bonchev–Trinajstić information content (AvgIpc) is 3.08. The van der Waals surface area contributed by atoms with Crippen LogP contribution < -0.4 is 20.3 Å². The number of aryl methyl sites for hydroxylation is 1. The van der Waals surface area contributed by atoms with Crippen LogP contribution in [-0.2, 0) is 4.79 Å². The van der Waals surface area contributed by atoms with Crippen LogP contribution in [0.1, 0.15) is 50.3 Å². The van der Waals surface area contributed by atoms with Crippen molar-refractivity contribution in [3.63, 3.8) is 0 Å². The largest absolute Gasteiger partial charge is 0.487 e. The second kappa shape index (κ2) is 7.67. The first-order chi connectivity index (χ1) is 13.8. The summed E-state index contributed by atoms with van der Waals surface area (Å²) in [6, 6.07) is 14.2. The molecule has 2 aromatic rings. The first-order valence-electron chi connectivity index (χ1n) is 10.1. The predicted molar refractivity (Wildman–Crippen MR) is 121 cm³/mol. The maximum absolute atomic E-state index is 12.2. The lowest BCUT2D eigenvalue weighted by atomic mass is 9.90. The molecule has 0 aliphatic carbocycles. The first kappa shape index (κ1) is 19.7. The molecule has 1 amide bonds. The summed E-state index contributed by atoms with van der Waals surface area (Å²) in [7, 11) is 0. The Morgan fingerprint density at radius 2 is 2.03 bits per heavy atom. The summed E-state index contributed by atoms with van der Waals surface area (Å²) in [6.07, 6.45) is 2.35. The van der Waals surface area contributed by atoms with Crippen molar-refractivity contribution in [2.45, 2.75) is 51.7 Å². The summed E-state index contributed by atoms with van der Waals surface area (Å²) in [5.41, 5.74) is 3.77. The first-order valence-corrected chi connectivity index (χ1v) is 10.5. The Balaban J connectivity index is 1.50. The number of rotatable bonds is 3. The van der Waals surface area contributed by atoms with Crippen LogP contribution in [0.5, 0.6) is 5.75 Å². The van der Waals surface area contributed by atoms with E-state index in [-0.39, 0.29) is 17.6 Å². The van der Waals surface area contributed by atoms with Crippen LogP contribution >= 0.6 is 12.2 Å². The minimum absolute atomic E-state index is 0.0695. The van der Waals surface area contributed by atoms with Gasteiger partial charge in [-0.05, 0) is 63.2 Å². The molecule has 2 N–H and O–H groups in total. The number of thiocarbonyl (C=S) groups is 1. The fourth-order valence-corrected chi connectivity index (χ4v) is 4.40. The van der Waals surface area contributed by atoms with E-state index >= 15 is 0 Å². The van der Waals surface area contributed by atoms with Gasteiger partial charge in [0.1, 0.15) is 11.4 Å². The van der Waals surface area contributed by atoms with Crippen LogP contribution in [0.25, 0.3) is 0 Å². The summed E-state index contributed by atoms with van der Waals surface area (Å²) in [5, 5.41) is 7.31. The number of carbonyl (C=O) groups excluding carboxylic acids is 1. The van der Waals surface area contributed by atoms with E-state index < -0.39 is 0 Å². The van der Waals surface area contributed by atoms with E-state index in [1.165, 1.54) is 0 Å². The van der Waals surface area contributed by atoms with E-state index in [1.807, 2.05) is 48.2 Å². The highest BCUT2D eigenvalue weighted by Crippen LogP contribution is 2.39. The molecule has 0 radical (unpaired) electrons. The summed E-state index contributed by atoms with van der Waals surface area (Å²) in [4.78, 5) is 14.0. The van der Waals surface area contributed by atoms with E-state index in [9.17, 15) is 4.79 Å². The Bertz CT molecular complexity index is 957. The maximum Gasteiger partial charge on any atom is 0.227 e. The molecule has 1 saturated heterocycles. The third-order valence-corrected chi connectivity index (χ3v) is 5.73. The van der Waals surface area contributed by atoms with E-state index in [0.717, 1.165) is 47.6 Å². The van der Waals surface area contributed by atoms with Crippen molar-refractivity contribution in [3.8, 4) is 5.75 Å². The Morgan fingerprint density at radius 3 is 2.79 bits per heavy atom. The molecule has 4 rings (SSSR count). The van der Waals surface area contributed by atoms with Gasteiger partial charge >= 0.3 is 0 Å². The van der Waals surface area contributed by atoms with Gasteiger partial charge in [0.25, 0.3) is 0 Å². The van der Waals surface area contributed by atoms with Gasteiger partial charge in [-0.15, -0.1) is 0 Å². The van der Waals surface area contributed by atoms with Crippen molar-refractivity contribution in [1.29, 1.82) is 0 Å². The summed E-state index contributed by atoms with van der Waals surface area (Å²) in [5.74, 6) is 1.08. The van der Waals surface area contributed by atoms with Gasteiger partial charge in [-0.25, -0.2) is 0 Å². The molecule has 2 aromatic carbocycles. The number of hydrogen-bond acceptors (Lipinski definition) is 3. The number of nitrogens with one attached hydrogen (secondary N) is 2. The normalized spacial score (nSPS) is 20.0. The molecular formula is C23H27N3O2S. The summed E-state index contributed by atoms with van der Waals surface area (Å²) >= 11 is 5.61. The zero-order chi connectivity index (χ0) is 20.6. The van der Waals surface area contributed by atoms with Gasteiger partial charge in [0.15, 0.2) is 5.11 Å². The van der Waals surface area contributed by atoms with Gasteiger partial charge in [0.05, 0.1) is 6.04 Å². The zero-order valence-electron chi connectivity index (χ0n) is 17.1. The Kier molecular flexibility index (Phi) is 5.21. The smallest absolute Gasteiger partial charge is 0.227 e. The number of ether oxygens (including phenoxy) is 1. The van der Waals surface area contributed by atoms with Gasteiger partial charge in [0.2, 0.25) is 5.91 Å². The fraction of sp³-hybridized carbons (Fsp3) is 0.391. The molecule has 29 heavy (non-hydrogen) atoms. The van der Waals surface area contributed by atoms with E-state index in [1.54, 1.807) is 0 Å². The monoisotopic (exact) mass is 409 g/mol. The maximum atomic E-state index is 12.2. The van der Waals surface area contributed by atoms with Crippen LogP contribution in [0, 0.1) is 6.92 Å². The van der Waals surface area contributed by atoms with Crippen LogP contribution in [0.4, 0.5) is 11.4 Å². The lowest BCUT2D eigenvalue weighted by molar-refractivity contribution is -0.117. The molecule has 2 aliphatic rings. The highest BCUT2D eigenvalue weighted by molar-refractivity contribution is 7.80. The lowest BCUT2D eigenvalue weighted by Crippen LogP contribution is -2.42. The van der Waals surface area contributed by atoms with Gasteiger partial charge in [-0.1, -0.05) is 24.3 Å². The van der Waals surface area contributed by atoms with Gasteiger partial charge in [-0.3, -0.25) is 4.79 Å². The van der Waals surface area contributed by atoms with Gasteiger partial charge in [-0.2, -0.15) is 0 Å². The molecule has 2 heterocycles. The number of benzene rings is 2. The molecule has 6 heteroatoms. The van der Waals surface area contributed by atoms with Gasteiger partial charge in [0, 0.05) is 36.3 Å². The predicted octanol–water partition coefficient (Wildman–Crippen LogP) is 4.71. The fourth-order valence-electron chi connectivity index (χ4n) is 4.14. The SMILES string of the molecule is Cc1ccc(NC(=S)N[C@@H]2CC(C)(C)Oc3ccccc32)cc1N1CCCC1=O. The van der Waals surface area contributed by atoms with Crippen molar-refractivity contribution in [1.82, 2.24) is 5.32 Å². The van der Waals surface area contributed by atoms with Crippen molar-refractivity contribution < 1.29 is 9.53 Å². The molecule has 152 valence electrons. The molecule has 0 unspecified atom stereocenters. The molecule has 0 saturated carbocycles. The lowest BCUT2D eigenvalue weighted by Gasteiger charge is -2.38. The number of fused-ring (bicyclic) bond motifs is 1. The van der Waals surface area contributed by atoms with Crippen LogP contribution in [0.2, 0.25) is 0 Å². The highest BCUT2D eigenvalue weighted by Gasteiger charge is 2.33. The standard InChI is InChI=1S/C23H27N3O2S/c1-15-10-11-16(13-19(15)26-12-6-9-21(26)27)24-22(29)25-18-14-23(2,3)28-20-8-5-4-7-17(18)20/h4-5,7-8,10-11,13,18H,6,9,12,14H2,1-3H3,(H2,24,25,29)/t18-/m1/s1. The molecule has 0 aromatic heterocycles. The van der Waals surface area contributed by atoms with Crippen LogP contribution in [0.15, 0.2) is 42.5 Å². The summed E-state index contributed by atoms with van der Waals surface area (Å²) < 4.78 is 6.10. The van der Waals surface area contributed by atoms with Crippen molar-refractivity contribution in [2.75, 3.05) is 16.8 Å². The molecule has 1 atom stereocenters. The number of carbonyl (C=O) groups is 1. The topological polar surface area (TPSA) is 53.6 Å². The quantitative estimate of drug-likeness (QED) is 0.719. The Morgan fingerprint density at radius 1 is 1.24 bits per heavy atom. The van der Waals surface area contributed by atoms with Crippen LogP contribution in [0.3, 0.4) is 0 Å².